The summed E-state index contributed by atoms with van der Waals surface area (Å²) in [4.78, 5) is 3.90. The Kier molecular flexibility index (Phi) is 4.15. The molecule has 106 valence electrons. The molecule has 2 rings (SSSR count). The van der Waals surface area contributed by atoms with Crippen LogP contribution in [0.15, 0.2) is 41.4 Å². The molecular weight excluding hydrogens is 298 g/mol. The van der Waals surface area contributed by atoms with Gasteiger partial charge in [0.1, 0.15) is 5.15 Å². The zero-order valence-electron chi connectivity index (χ0n) is 10.8. The third-order valence-electron chi connectivity index (χ3n) is 2.79. The molecular formula is C13H14ClN3O2S. The molecule has 7 heteroatoms. The van der Waals surface area contributed by atoms with E-state index in [1.54, 1.807) is 6.07 Å². The van der Waals surface area contributed by atoms with Crippen LogP contribution < -0.4 is 10.5 Å². The number of hydrogen-bond donors (Lipinski definition) is 2. The van der Waals surface area contributed by atoms with Crippen molar-refractivity contribution in [3.8, 4) is 0 Å². The molecule has 1 aromatic carbocycles. The summed E-state index contributed by atoms with van der Waals surface area (Å²) >= 11 is 5.72. The van der Waals surface area contributed by atoms with Gasteiger partial charge in [-0.15, -0.1) is 0 Å². The molecule has 3 N–H and O–H groups in total. The van der Waals surface area contributed by atoms with Crippen molar-refractivity contribution in [3.63, 3.8) is 0 Å². The van der Waals surface area contributed by atoms with E-state index >= 15 is 0 Å². The van der Waals surface area contributed by atoms with Gasteiger partial charge >= 0.3 is 0 Å². The van der Waals surface area contributed by atoms with Gasteiger partial charge in [0.15, 0.2) is 0 Å². The first kappa shape index (κ1) is 14.6. The predicted octanol–water partition coefficient (Wildman–Crippen LogP) is 2.68. The zero-order valence-corrected chi connectivity index (χ0v) is 12.4. The highest BCUT2D eigenvalue weighted by atomic mass is 35.5. The number of sulfonamides is 1. The average Bonchev–Trinajstić information content (AvgIpc) is 2.38. The minimum Gasteiger partial charge on any atom is -0.398 e. The Morgan fingerprint density at radius 2 is 2.05 bits per heavy atom. The molecule has 0 radical (unpaired) electrons. The van der Waals surface area contributed by atoms with Crippen molar-refractivity contribution in [3.05, 3.63) is 47.2 Å². The van der Waals surface area contributed by atoms with Crippen LogP contribution in [0.25, 0.3) is 0 Å². The van der Waals surface area contributed by atoms with E-state index in [0.29, 0.717) is 11.4 Å². The van der Waals surface area contributed by atoms with Gasteiger partial charge in [-0.05, 0) is 36.2 Å². The van der Waals surface area contributed by atoms with Crippen LogP contribution in [0.4, 0.5) is 11.4 Å². The summed E-state index contributed by atoms with van der Waals surface area (Å²) in [6.45, 7) is 1.96. The number of benzene rings is 1. The molecule has 0 saturated heterocycles. The second kappa shape index (κ2) is 5.68. The van der Waals surface area contributed by atoms with Crippen molar-refractivity contribution in [2.24, 2.45) is 0 Å². The second-order valence-electron chi connectivity index (χ2n) is 4.19. The van der Waals surface area contributed by atoms with Crippen molar-refractivity contribution >= 4 is 33.0 Å². The van der Waals surface area contributed by atoms with E-state index in [0.717, 1.165) is 12.0 Å². The molecule has 2 aromatic rings. The van der Waals surface area contributed by atoms with E-state index < -0.39 is 10.0 Å². The van der Waals surface area contributed by atoms with Crippen molar-refractivity contribution in [2.45, 2.75) is 18.2 Å². The summed E-state index contributed by atoms with van der Waals surface area (Å²) in [5, 5.41) is 0.214. The van der Waals surface area contributed by atoms with Gasteiger partial charge in [0.05, 0.1) is 10.6 Å². The molecule has 5 nitrogen and oxygen atoms in total. The highest BCUT2D eigenvalue weighted by Crippen LogP contribution is 2.21. The van der Waals surface area contributed by atoms with Crippen LogP contribution in [0.5, 0.6) is 0 Å². The van der Waals surface area contributed by atoms with Crippen LogP contribution in [0.2, 0.25) is 5.15 Å². The summed E-state index contributed by atoms with van der Waals surface area (Å²) in [6, 6.07) is 7.64. The van der Waals surface area contributed by atoms with E-state index in [-0.39, 0.29) is 10.0 Å². The van der Waals surface area contributed by atoms with Crippen molar-refractivity contribution < 1.29 is 8.42 Å². The Bertz CT molecular complexity index is 732. The smallest absolute Gasteiger partial charge is 0.261 e. The zero-order chi connectivity index (χ0) is 14.8. The van der Waals surface area contributed by atoms with Crippen molar-refractivity contribution in [2.75, 3.05) is 10.5 Å². The van der Waals surface area contributed by atoms with E-state index in [1.807, 2.05) is 6.92 Å². The molecule has 0 spiro atoms. The standard InChI is InChI=1S/C13H14ClN3O2S/c1-2-9-3-4-11(8-12(9)15)20(18,19)17-10-5-6-16-13(14)7-10/h3-8H,2,15H2,1H3,(H,16,17). The Hall–Kier alpha value is -1.79. The highest BCUT2D eigenvalue weighted by Gasteiger charge is 2.15. The maximum absolute atomic E-state index is 12.2. The van der Waals surface area contributed by atoms with Gasteiger partial charge in [-0.3, -0.25) is 4.72 Å². The largest absolute Gasteiger partial charge is 0.398 e. The Balaban J connectivity index is 2.33. The molecule has 0 amide bonds. The maximum Gasteiger partial charge on any atom is 0.261 e. The normalized spacial score (nSPS) is 11.3. The molecule has 0 aliphatic rings. The minimum absolute atomic E-state index is 0.111. The molecule has 0 fully saturated rings. The first-order valence-corrected chi connectivity index (χ1v) is 7.81. The highest BCUT2D eigenvalue weighted by molar-refractivity contribution is 7.92. The van der Waals surface area contributed by atoms with Gasteiger partial charge in [-0.25, -0.2) is 13.4 Å². The van der Waals surface area contributed by atoms with Crippen LogP contribution in [-0.2, 0) is 16.4 Å². The van der Waals surface area contributed by atoms with Gasteiger partial charge in [-0.1, -0.05) is 24.6 Å². The van der Waals surface area contributed by atoms with Gasteiger partial charge in [0, 0.05) is 11.9 Å². The number of nitrogens with two attached hydrogens (primary N) is 1. The van der Waals surface area contributed by atoms with Crippen LogP contribution in [0.3, 0.4) is 0 Å². The Morgan fingerprint density at radius 3 is 2.65 bits per heavy atom. The Labute approximate surface area is 122 Å². The molecule has 0 saturated carbocycles. The number of halogens is 1. The van der Waals surface area contributed by atoms with Crippen LogP contribution in [0.1, 0.15) is 12.5 Å². The third-order valence-corrected chi connectivity index (χ3v) is 4.37. The summed E-state index contributed by atoms with van der Waals surface area (Å²) in [7, 11) is -3.69. The van der Waals surface area contributed by atoms with Gasteiger partial charge in [-0.2, -0.15) is 0 Å². The van der Waals surface area contributed by atoms with E-state index in [1.165, 1.54) is 30.5 Å². The number of aryl methyl sites for hydroxylation is 1. The lowest BCUT2D eigenvalue weighted by Gasteiger charge is -2.10. The number of anilines is 2. The molecule has 1 aromatic heterocycles. The second-order valence-corrected chi connectivity index (χ2v) is 6.26. The lowest BCUT2D eigenvalue weighted by molar-refractivity contribution is 0.601. The monoisotopic (exact) mass is 311 g/mol. The fourth-order valence-corrected chi connectivity index (χ4v) is 3.00. The predicted molar refractivity (Wildman–Crippen MR) is 80.3 cm³/mol. The molecule has 0 bridgehead atoms. The van der Waals surface area contributed by atoms with Crippen LogP contribution >= 0.6 is 11.6 Å². The number of aromatic nitrogens is 1. The molecule has 20 heavy (non-hydrogen) atoms. The van der Waals surface area contributed by atoms with Crippen molar-refractivity contribution in [1.82, 2.24) is 4.98 Å². The summed E-state index contributed by atoms with van der Waals surface area (Å²) < 4.78 is 26.9. The Morgan fingerprint density at radius 1 is 1.30 bits per heavy atom. The van der Waals surface area contributed by atoms with Gasteiger partial charge < -0.3 is 5.73 Å². The van der Waals surface area contributed by atoms with E-state index in [2.05, 4.69) is 9.71 Å². The van der Waals surface area contributed by atoms with Crippen molar-refractivity contribution in [1.29, 1.82) is 0 Å². The number of nitrogen functional groups attached to an aromatic ring is 1. The molecule has 0 aliphatic carbocycles. The van der Waals surface area contributed by atoms with E-state index in [4.69, 9.17) is 17.3 Å². The summed E-state index contributed by atoms with van der Waals surface area (Å²) in [5.74, 6) is 0. The number of rotatable bonds is 4. The molecule has 0 aliphatic heterocycles. The van der Waals surface area contributed by atoms with Gasteiger partial charge in [0.25, 0.3) is 10.0 Å². The SMILES string of the molecule is CCc1ccc(S(=O)(=O)Nc2ccnc(Cl)c2)cc1N. The fraction of sp³-hybridized carbons (Fsp3) is 0.154. The third kappa shape index (κ3) is 3.20. The summed E-state index contributed by atoms with van der Waals surface area (Å²) in [6.07, 6.45) is 2.17. The van der Waals surface area contributed by atoms with Crippen LogP contribution in [-0.4, -0.2) is 13.4 Å². The first-order valence-electron chi connectivity index (χ1n) is 5.95. The number of nitrogens with zero attached hydrogens (tertiary/aromatic N) is 1. The maximum atomic E-state index is 12.2. The quantitative estimate of drug-likeness (QED) is 0.671. The molecule has 1 heterocycles. The fourth-order valence-electron chi connectivity index (χ4n) is 1.74. The summed E-state index contributed by atoms with van der Waals surface area (Å²) in [5.41, 5.74) is 7.55. The number of pyridine rings is 1. The van der Waals surface area contributed by atoms with E-state index in [9.17, 15) is 8.42 Å². The lowest BCUT2D eigenvalue weighted by atomic mass is 10.1. The number of nitrogens with one attached hydrogen (secondary N) is 1. The first-order chi connectivity index (χ1) is 9.42. The lowest BCUT2D eigenvalue weighted by Crippen LogP contribution is -2.13. The molecule has 0 atom stereocenters. The van der Waals surface area contributed by atoms with Gasteiger partial charge in [0.2, 0.25) is 0 Å². The van der Waals surface area contributed by atoms with Crippen LogP contribution in [0, 0.1) is 0 Å². The molecule has 0 unspecified atom stereocenters. The topological polar surface area (TPSA) is 85.1 Å². The average molecular weight is 312 g/mol. The number of hydrogen-bond acceptors (Lipinski definition) is 4. The minimum atomic E-state index is -3.69.